The van der Waals surface area contributed by atoms with Gasteiger partial charge in [-0.2, -0.15) is 13.2 Å². The van der Waals surface area contributed by atoms with Crippen molar-refractivity contribution in [3.05, 3.63) is 0 Å². The maximum atomic E-state index is 12.8. The molecule has 0 aliphatic carbocycles. The van der Waals surface area contributed by atoms with E-state index in [9.17, 15) is 18.0 Å². The minimum absolute atomic E-state index is 0.0320. The van der Waals surface area contributed by atoms with Gasteiger partial charge in [0, 0.05) is 13.1 Å². The van der Waals surface area contributed by atoms with Crippen molar-refractivity contribution in [3.8, 4) is 0 Å². The molecule has 1 amide bonds. The van der Waals surface area contributed by atoms with Crippen LogP contribution in [0.15, 0.2) is 0 Å². The second kappa shape index (κ2) is 3.84. The van der Waals surface area contributed by atoms with Crippen LogP contribution in [-0.2, 0) is 9.53 Å². The minimum atomic E-state index is -4.50. The average Bonchev–Trinajstić information content (AvgIpc) is 3.02. The van der Waals surface area contributed by atoms with Gasteiger partial charge < -0.3 is 14.5 Å². The molecule has 1 atom stereocenters. The van der Waals surface area contributed by atoms with E-state index in [0.717, 1.165) is 18.0 Å². The second-order valence-electron chi connectivity index (χ2n) is 5.32. The Morgan fingerprint density at radius 2 is 1.89 bits per heavy atom. The zero-order chi connectivity index (χ0) is 13.0. The number of rotatable bonds is 1. The Morgan fingerprint density at radius 3 is 2.39 bits per heavy atom. The molecule has 0 spiro atoms. The van der Waals surface area contributed by atoms with Gasteiger partial charge in [-0.1, -0.05) is 0 Å². The quantitative estimate of drug-likeness (QED) is 0.703. The summed E-state index contributed by atoms with van der Waals surface area (Å²) in [5.41, 5.74) is -0.586. The van der Waals surface area contributed by atoms with E-state index in [1.54, 1.807) is 0 Å². The summed E-state index contributed by atoms with van der Waals surface area (Å²) in [5, 5.41) is 0. The van der Waals surface area contributed by atoms with Crippen LogP contribution < -0.4 is 0 Å². The van der Waals surface area contributed by atoms with E-state index in [0.29, 0.717) is 19.4 Å². The third-order valence-corrected chi connectivity index (χ3v) is 4.22. The topological polar surface area (TPSA) is 32.8 Å². The predicted octanol–water partition coefficient (Wildman–Crippen LogP) is 0.829. The largest absolute Gasteiger partial charge is 0.433 e. The molecule has 3 rings (SSSR count). The van der Waals surface area contributed by atoms with Crippen LogP contribution in [0.2, 0.25) is 0 Å². The Balaban J connectivity index is 1.80. The lowest BCUT2D eigenvalue weighted by atomic mass is 9.83. The molecular weight excluding hydrogens is 249 g/mol. The van der Waals surface area contributed by atoms with Crippen molar-refractivity contribution < 1.29 is 22.7 Å². The standard InChI is InChI=1S/C11H15F3N2O2/c12-11(13,14)9-16(5-6-18-9)8(17)10-1-3-15(7-10)4-2-10/h9H,1-7H2. The van der Waals surface area contributed by atoms with Crippen molar-refractivity contribution in [1.29, 1.82) is 0 Å². The summed E-state index contributed by atoms with van der Waals surface area (Å²) in [5.74, 6) is -0.373. The van der Waals surface area contributed by atoms with Crippen molar-refractivity contribution in [2.75, 3.05) is 32.8 Å². The molecule has 1 unspecified atom stereocenters. The fourth-order valence-electron chi connectivity index (χ4n) is 3.26. The lowest BCUT2D eigenvalue weighted by molar-refractivity contribution is -0.240. The minimum Gasteiger partial charge on any atom is -0.348 e. The SMILES string of the molecule is O=C(N1CCOC1C(F)(F)F)C12CCN(CC1)C2. The highest BCUT2D eigenvalue weighted by Crippen LogP contribution is 2.43. The van der Waals surface area contributed by atoms with E-state index in [-0.39, 0.29) is 19.1 Å². The number of amides is 1. The summed E-state index contributed by atoms with van der Waals surface area (Å²) in [7, 11) is 0. The summed E-state index contributed by atoms with van der Waals surface area (Å²) in [4.78, 5) is 15.4. The molecule has 0 aromatic carbocycles. The molecule has 4 nitrogen and oxygen atoms in total. The zero-order valence-electron chi connectivity index (χ0n) is 9.87. The lowest BCUT2D eigenvalue weighted by Gasteiger charge is -2.32. The first-order valence-corrected chi connectivity index (χ1v) is 6.14. The van der Waals surface area contributed by atoms with Gasteiger partial charge in [-0.3, -0.25) is 4.79 Å². The number of hydrogen-bond acceptors (Lipinski definition) is 3. The Kier molecular flexibility index (Phi) is 2.60. The fourth-order valence-corrected chi connectivity index (χ4v) is 3.26. The molecule has 3 aliphatic heterocycles. The van der Waals surface area contributed by atoms with Crippen LogP contribution in [0.4, 0.5) is 13.2 Å². The molecule has 3 aliphatic rings. The Morgan fingerprint density at radius 1 is 1.22 bits per heavy atom. The highest BCUT2D eigenvalue weighted by molar-refractivity contribution is 5.84. The Labute approximate surface area is 103 Å². The second-order valence-corrected chi connectivity index (χ2v) is 5.32. The first kappa shape index (κ1) is 12.2. The van der Waals surface area contributed by atoms with Crippen LogP contribution in [-0.4, -0.2) is 60.9 Å². The van der Waals surface area contributed by atoms with E-state index in [1.165, 1.54) is 0 Å². The number of ether oxygens (including phenoxy) is 1. The van der Waals surface area contributed by atoms with E-state index in [1.807, 2.05) is 0 Å². The highest BCUT2D eigenvalue weighted by atomic mass is 19.4. The molecule has 0 N–H and O–H groups in total. The van der Waals surface area contributed by atoms with Gasteiger partial charge in [0.15, 0.2) is 0 Å². The van der Waals surface area contributed by atoms with Crippen molar-refractivity contribution in [2.45, 2.75) is 25.2 Å². The Hall–Kier alpha value is -0.820. The highest BCUT2D eigenvalue weighted by Gasteiger charge is 2.56. The van der Waals surface area contributed by atoms with Gasteiger partial charge in [-0.05, 0) is 25.9 Å². The van der Waals surface area contributed by atoms with Crippen LogP contribution in [0.1, 0.15) is 12.8 Å². The maximum absolute atomic E-state index is 12.8. The molecule has 3 fully saturated rings. The number of carbonyl (C=O) groups is 1. The van der Waals surface area contributed by atoms with Crippen molar-refractivity contribution in [1.82, 2.24) is 9.80 Å². The molecule has 0 radical (unpaired) electrons. The summed E-state index contributed by atoms with van der Waals surface area (Å²) in [6.45, 7) is 2.25. The van der Waals surface area contributed by atoms with Crippen LogP contribution in [0.3, 0.4) is 0 Å². The van der Waals surface area contributed by atoms with Gasteiger partial charge in [0.2, 0.25) is 12.1 Å². The van der Waals surface area contributed by atoms with Gasteiger partial charge >= 0.3 is 6.18 Å². The first-order valence-electron chi connectivity index (χ1n) is 6.14. The van der Waals surface area contributed by atoms with Gasteiger partial charge in [-0.15, -0.1) is 0 Å². The van der Waals surface area contributed by atoms with Crippen molar-refractivity contribution >= 4 is 5.91 Å². The number of piperidine rings is 1. The number of halogens is 3. The number of hydrogen-bond donors (Lipinski definition) is 0. The Bertz CT molecular complexity index is 364. The lowest BCUT2D eigenvalue weighted by Crippen LogP contribution is -2.51. The maximum Gasteiger partial charge on any atom is 0.433 e. The van der Waals surface area contributed by atoms with Crippen LogP contribution >= 0.6 is 0 Å². The molecule has 3 saturated heterocycles. The fraction of sp³-hybridized carbons (Fsp3) is 0.909. The van der Waals surface area contributed by atoms with Crippen LogP contribution in [0, 0.1) is 5.41 Å². The summed E-state index contributed by atoms with van der Waals surface area (Å²) >= 11 is 0. The average molecular weight is 264 g/mol. The van der Waals surface area contributed by atoms with E-state index < -0.39 is 17.8 Å². The zero-order valence-corrected chi connectivity index (χ0v) is 9.87. The van der Waals surface area contributed by atoms with Crippen molar-refractivity contribution in [2.24, 2.45) is 5.41 Å². The monoisotopic (exact) mass is 264 g/mol. The molecule has 7 heteroatoms. The van der Waals surface area contributed by atoms with E-state index in [4.69, 9.17) is 0 Å². The normalized spacial score (nSPS) is 39.6. The molecule has 2 bridgehead atoms. The van der Waals surface area contributed by atoms with Crippen molar-refractivity contribution in [3.63, 3.8) is 0 Å². The smallest absolute Gasteiger partial charge is 0.348 e. The number of nitrogens with zero attached hydrogens (tertiary/aromatic N) is 2. The molecule has 0 saturated carbocycles. The third-order valence-electron chi connectivity index (χ3n) is 4.22. The number of carbonyl (C=O) groups excluding carboxylic acids is 1. The van der Waals surface area contributed by atoms with Gasteiger partial charge in [-0.25, -0.2) is 0 Å². The molecule has 102 valence electrons. The summed E-state index contributed by atoms with van der Waals surface area (Å²) in [6.07, 6.45) is -5.20. The third kappa shape index (κ3) is 1.72. The first-order chi connectivity index (χ1) is 8.42. The number of fused-ring (bicyclic) bond motifs is 2. The molecule has 0 aromatic heterocycles. The molecular formula is C11H15F3N2O2. The summed E-state index contributed by atoms with van der Waals surface area (Å²) in [6, 6.07) is 0. The van der Waals surface area contributed by atoms with Gasteiger partial charge in [0.1, 0.15) is 0 Å². The van der Waals surface area contributed by atoms with Crippen LogP contribution in [0.5, 0.6) is 0 Å². The molecule has 18 heavy (non-hydrogen) atoms. The molecule has 3 heterocycles. The van der Waals surface area contributed by atoms with Crippen LogP contribution in [0.25, 0.3) is 0 Å². The van der Waals surface area contributed by atoms with E-state index in [2.05, 4.69) is 9.64 Å². The van der Waals surface area contributed by atoms with Gasteiger partial charge in [0.05, 0.1) is 12.0 Å². The van der Waals surface area contributed by atoms with E-state index >= 15 is 0 Å². The number of alkyl halides is 3. The van der Waals surface area contributed by atoms with Gasteiger partial charge in [0.25, 0.3) is 0 Å². The molecule has 0 aromatic rings. The predicted molar refractivity (Wildman–Crippen MR) is 55.6 cm³/mol. The summed E-state index contributed by atoms with van der Waals surface area (Å²) < 4.78 is 43.0.